The highest BCUT2D eigenvalue weighted by Crippen LogP contribution is 2.35. The van der Waals surface area contributed by atoms with Crippen LogP contribution in [0.3, 0.4) is 0 Å². The highest BCUT2D eigenvalue weighted by Gasteiger charge is 2.42. The number of likely N-dealkylation sites (N-methyl/N-ethyl adjacent to an activating group) is 2. The van der Waals surface area contributed by atoms with Gasteiger partial charge in [0.2, 0.25) is 0 Å². The van der Waals surface area contributed by atoms with Gasteiger partial charge in [0.1, 0.15) is 0 Å². The van der Waals surface area contributed by atoms with Crippen molar-refractivity contribution in [2.75, 3.05) is 20.1 Å². The summed E-state index contributed by atoms with van der Waals surface area (Å²) < 4.78 is 0. The molecule has 1 aromatic rings. The van der Waals surface area contributed by atoms with Gasteiger partial charge in [-0.05, 0) is 12.5 Å². The lowest BCUT2D eigenvalue weighted by Crippen LogP contribution is -2.45. The van der Waals surface area contributed by atoms with Gasteiger partial charge in [-0.2, -0.15) is 0 Å². The van der Waals surface area contributed by atoms with Gasteiger partial charge in [-0.3, -0.25) is 9.69 Å². The van der Waals surface area contributed by atoms with Gasteiger partial charge in [0.15, 0.2) is 0 Å². The average Bonchev–Trinajstić information content (AvgIpc) is 2.81. The molecule has 0 aliphatic carbocycles. The Hall–Kier alpha value is -2.30. The molecule has 20 heavy (non-hydrogen) atoms. The maximum Gasteiger partial charge on any atom is 0.322 e. The Bertz CT molecular complexity index is 594. The SMILES string of the molecule is CCN1CC2=C(C1=O)[C@@H](c1ccccc1)NC(=O)N2C. The predicted octanol–water partition coefficient (Wildman–Crippen LogP) is 1.50. The second-order valence-corrected chi connectivity index (χ2v) is 5.03. The van der Waals surface area contributed by atoms with Gasteiger partial charge in [0, 0.05) is 13.6 Å². The normalized spacial score (nSPS) is 22.2. The molecule has 0 bridgehead atoms. The van der Waals surface area contributed by atoms with Crippen LogP contribution in [0, 0.1) is 0 Å². The van der Waals surface area contributed by atoms with Crippen LogP contribution in [0.25, 0.3) is 0 Å². The van der Waals surface area contributed by atoms with Crippen LogP contribution < -0.4 is 5.32 Å². The Morgan fingerprint density at radius 1 is 1.25 bits per heavy atom. The van der Waals surface area contributed by atoms with E-state index in [1.165, 1.54) is 0 Å². The predicted molar refractivity (Wildman–Crippen MR) is 74.8 cm³/mol. The minimum absolute atomic E-state index is 0.0169. The molecule has 1 aromatic carbocycles. The van der Waals surface area contributed by atoms with E-state index in [-0.39, 0.29) is 18.0 Å². The molecule has 104 valence electrons. The average molecular weight is 271 g/mol. The molecular weight excluding hydrogens is 254 g/mol. The highest BCUT2D eigenvalue weighted by molar-refractivity contribution is 6.01. The number of carbonyl (C=O) groups excluding carboxylic acids is 2. The number of carbonyl (C=O) groups is 2. The Morgan fingerprint density at radius 3 is 2.60 bits per heavy atom. The lowest BCUT2D eigenvalue weighted by atomic mass is 9.96. The van der Waals surface area contributed by atoms with Gasteiger partial charge in [-0.25, -0.2) is 4.79 Å². The summed E-state index contributed by atoms with van der Waals surface area (Å²) in [5, 5.41) is 2.91. The number of urea groups is 1. The van der Waals surface area contributed by atoms with Crippen LogP contribution in [0.15, 0.2) is 41.6 Å². The minimum atomic E-state index is -0.348. The summed E-state index contributed by atoms with van der Waals surface area (Å²) in [5.41, 5.74) is 2.45. The molecule has 0 spiro atoms. The van der Waals surface area contributed by atoms with E-state index in [0.717, 1.165) is 11.3 Å². The fourth-order valence-corrected chi connectivity index (χ4v) is 2.77. The molecule has 3 rings (SSSR count). The van der Waals surface area contributed by atoms with Gasteiger partial charge >= 0.3 is 6.03 Å². The van der Waals surface area contributed by atoms with E-state index < -0.39 is 0 Å². The van der Waals surface area contributed by atoms with Crippen LogP contribution in [0.5, 0.6) is 0 Å². The summed E-state index contributed by atoms with van der Waals surface area (Å²) in [6, 6.07) is 9.10. The van der Waals surface area contributed by atoms with E-state index in [1.54, 1.807) is 16.8 Å². The number of nitrogens with one attached hydrogen (secondary N) is 1. The van der Waals surface area contributed by atoms with E-state index in [1.807, 2.05) is 37.3 Å². The Kier molecular flexibility index (Phi) is 2.97. The van der Waals surface area contributed by atoms with E-state index in [4.69, 9.17) is 0 Å². The van der Waals surface area contributed by atoms with Gasteiger partial charge in [-0.1, -0.05) is 30.3 Å². The van der Waals surface area contributed by atoms with Crippen LogP contribution >= 0.6 is 0 Å². The molecule has 0 unspecified atom stereocenters. The molecule has 2 heterocycles. The fourth-order valence-electron chi connectivity index (χ4n) is 2.77. The maximum atomic E-state index is 12.5. The number of rotatable bonds is 2. The van der Waals surface area contributed by atoms with E-state index in [0.29, 0.717) is 18.7 Å². The summed E-state index contributed by atoms with van der Waals surface area (Å²) in [7, 11) is 1.71. The first-order chi connectivity index (χ1) is 9.63. The Labute approximate surface area is 117 Å². The quantitative estimate of drug-likeness (QED) is 0.886. The van der Waals surface area contributed by atoms with E-state index in [2.05, 4.69) is 5.32 Å². The number of benzene rings is 1. The molecule has 0 radical (unpaired) electrons. The van der Waals surface area contributed by atoms with Crippen molar-refractivity contribution in [2.24, 2.45) is 0 Å². The second-order valence-electron chi connectivity index (χ2n) is 5.03. The molecule has 0 saturated carbocycles. The van der Waals surface area contributed by atoms with Gasteiger partial charge in [-0.15, -0.1) is 0 Å². The first-order valence-electron chi connectivity index (χ1n) is 6.75. The standard InChI is InChI=1S/C15H17N3O2/c1-3-18-9-11-12(14(18)19)13(16-15(20)17(11)2)10-7-5-4-6-8-10/h4-8,13H,3,9H2,1-2H3,(H,16,20)/t13-/m1/s1. The third-order valence-corrected chi connectivity index (χ3v) is 3.95. The smallest absolute Gasteiger partial charge is 0.322 e. The number of hydrogen-bond acceptors (Lipinski definition) is 2. The molecule has 0 saturated heterocycles. The minimum Gasteiger partial charge on any atom is -0.333 e. The fraction of sp³-hybridized carbons (Fsp3) is 0.333. The molecule has 0 aromatic heterocycles. The van der Waals surface area contributed by atoms with Crippen molar-refractivity contribution in [3.63, 3.8) is 0 Å². The zero-order valence-corrected chi connectivity index (χ0v) is 11.6. The molecular formula is C15H17N3O2. The van der Waals surface area contributed by atoms with Crippen molar-refractivity contribution in [2.45, 2.75) is 13.0 Å². The molecule has 5 heteroatoms. The number of amides is 3. The van der Waals surface area contributed by atoms with E-state index >= 15 is 0 Å². The van der Waals surface area contributed by atoms with Gasteiger partial charge < -0.3 is 10.2 Å². The molecule has 0 fully saturated rings. The largest absolute Gasteiger partial charge is 0.333 e. The first kappa shape index (κ1) is 12.7. The van der Waals surface area contributed by atoms with Crippen molar-refractivity contribution in [1.29, 1.82) is 0 Å². The summed E-state index contributed by atoms with van der Waals surface area (Å²) in [5.74, 6) is 0.0169. The zero-order valence-electron chi connectivity index (χ0n) is 11.6. The summed E-state index contributed by atoms with van der Waals surface area (Å²) >= 11 is 0. The maximum absolute atomic E-state index is 12.5. The molecule has 3 amide bonds. The zero-order chi connectivity index (χ0) is 14.3. The topological polar surface area (TPSA) is 52.7 Å². The second kappa shape index (κ2) is 4.67. The highest BCUT2D eigenvalue weighted by atomic mass is 16.2. The van der Waals surface area contributed by atoms with Crippen LogP contribution in [-0.4, -0.2) is 41.9 Å². The third kappa shape index (κ3) is 1.78. The summed E-state index contributed by atoms with van der Waals surface area (Å²) in [6.07, 6.45) is 0. The van der Waals surface area contributed by atoms with Gasteiger partial charge in [0.05, 0.1) is 23.9 Å². The van der Waals surface area contributed by atoms with Crippen LogP contribution in [-0.2, 0) is 4.79 Å². The monoisotopic (exact) mass is 271 g/mol. The van der Waals surface area contributed by atoms with Crippen molar-refractivity contribution < 1.29 is 9.59 Å². The van der Waals surface area contributed by atoms with E-state index in [9.17, 15) is 9.59 Å². The molecule has 1 N–H and O–H groups in total. The molecule has 5 nitrogen and oxygen atoms in total. The third-order valence-electron chi connectivity index (χ3n) is 3.95. The van der Waals surface area contributed by atoms with Crippen LogP contribution in [0.1, 0.15) is 18.5 Å². The Balaban J connectivity index is 2.07. The molecule has 1 atom stereocenters. The number of hydrogen-bond donors (Lipinski definition) is 1. The first-order valence-corrected chi connectivity index (χ1v) is 6.75. The lowest BCUT2D eigenvalue weighted by Gasteiger charge is -2.31. The molecule has 2 aliphatic heterocycles. The molecule has 2 aliphatic rings. The van der Waals surface area contributed by atoms with Crippen LogP contribution in [0.4, 0.5) is 4.79 Å². The summed E-state index contributed by atoms with van der Waals surface area (Å²) in [6.45, 7) is 3.11. The Morgan fingerprint density at radius 2 is 1.95 bits per heavy atom. The van der Waals surface area contributed by atoms with Crippen molar-refractivity contribution in [3.8, 4) is 0 Å². The van der Waals surface area contributed by atoms with Crippen molar-refractivity contribution in [1.82, 2.24) is 15.1 Å². The van der Waals surface area contributed by atoms with Crippen molar-refractivity contribution in [3.05, 3.63) is 47.2 Å². The lowest BCUT2D eigenvalue weighted by molar-refractivity contribution is -0.125. The van der Waals surface area contributed by atoms with Crippen molar-refractivity contribution >= 4 is 11.9 Å². The number of nitrogens with zero attached hydrogens (tertiary/aromatic N) is 2. The van der Waals surface area contributed by atoms with Gasteiger partial charge in [0.25, 0.3) is 5.91 Å². The summed E-state index contributed by atoms with van der Waals surface area (Å²) in [4.78, 5) is 27.9. The van der Waals surface area contributed by atoms with Crippen LogP contribution in [0.2, 0.25) is 0 Å².